The summed E-state index contributed by atoms with van der Waals surface area (Å²) in [5.74, 6) is 0.411. The van der Waals surface area contributed by atoms with Crippen LogP contribution in [0.4, 0.5) is 5.69 Å². The van der Waals surface area contributed by atoms with Crippen LogP contribution in [0.25, 0.3) is 16.9 Å². The molecule has 1 amide bonds. The predicted octanol–water partition coefficient (Wildman–Crippen LogP) is 3.40. The highest BCUT2D eigenvalue weighted by atomic mass is 16.1. The summed E-state index contributed by atoms with van der Waals surface area (Å²) >= 11 is 0. The number of nitrogens with one attached hydrogen (secondary N) is 1. The standard InChI is InChI=1S/C23H24N6O/c1-15-8-9-17(12-16(15)2)20-10-11-21-25-26-22(29(21)27-20)14-24-23(30)18-6-5-7-19(13-18)28(3)4/h5-13H,14H2,1-4H3,(H,24,30). The molecule has 0 radical (unpaired) electrons. The summed E-state index contributed by atoms with van der Waals surface area (Å²) in [7, 11) is 3.89. The number of nitrogens with zero attached hydrogens (tertiary/aromatic N) is 5. The fraction of sp³-hybridized carbons (Fsp3) is 0.217. The van der Waals surface area contributed by atoms with Gasteiger partial charge in [-0.25, -0.2) is 0 Å². The predicted molar refractivity (Wildman–Crippen MR) is 118 cm³/mol. The zero-order valence-corrected chi connectivity index (χ0v) is 17.5. The van der Waals surface area contributed by atoms with E-state index in [1.807, 2.05) is 49.3 Å². The molecule has 0 saturated carbocycles. The van der Waals surface area contributed by atoms with E-state index in [9.17, 15) is 4.79 Å². The van der Waals surface area contributed by atoms with Crippen LogP contribution in [-0.4, -0.2) is 39.8 Å². The quantitative estimate of drug-likeness (QED) is 0.556. The SMILES string of the molecule is Cc1ccc(-c2ccc3nnc(CNC(=O)c4cccc(N(C)C)c4)n3n2)cc1C. The number of hydrogen-bond acceptors (Lipinski definition) is 5. The summed E-state index contributed by atoms with van der Waals surface area (Å²) in [6.45, 7) is 4.41. The molecule has 7 heteroatoms. The van der Waals surface area contributed by atoms with Crippen molar-refractivity contribution < 1.29 is 4.79 Å². The lowest BCUT2D eigenvalue weighted by atomic mass is 10.0. The first-order valence-electron chi connectivity index (χ1n) is 9.77. The Bertz CT molecular complexity index is 1230. The second-order valence-electron chi connectivity index (χ2n) is 7.53. The number of amides is 1. The summed E-state index contributed by atoms with van der Waals surface area (Å²) in [4.78, 5) is 14.6. The third-order valence-corrected chi connectivity index (χ3v) is 5.16. The summed E-state index contributed by atoms with van der Waals surface area (Å²) < 4.78 is 1.68. The van der Waals surface area contributed by atoms with Gasteiger partial charge in [0.2, 0.25) is 0 Å². The molecule has 4 aromatic rings. The third kappa shape index (κ3) is 3.87. The monoisotopic (exact) mass is 400 g/mol. The number of fused-ring (bicyclic) bond motifs is 1. The van der Waals surface area contributed by atoms with Crippen molar-refractivity contribution in [1.29, 1.82) is 0 Å². The molecule has 1 N–H and O–H groups in total. The van der Waals surface area contributed by atoms with Gasteiger partial charge in [-0.3, -0.25) is 4.79 Å². The smallest absolute Gasteiger partial charge is 0.251 e. The highest BCUT2D eigenvalue weighted by molar-refractivity contribution is 5.95. The van der Waals surface area contributed by atoms with Gasteiger partial charge in [-0.1, -0.05) is 18.2 Å². The number of rotatable bonds is 5. The normalized spacial score (nSPS) is 10.9. The van der Waals surface area contributed by atoms with Gasteiger partial charge in [0.05, 0.1) is 12.2 Å². The minimum atomic E-state index is -0.166. The van der Waals surface area contributed by atoms with Crippen LogP contribution in [0.1, 0.15) is 27.3 Å². The number of carbonyl (C=O) groups is 1. The number of aryl methyl sites for hydroxylation is 2. The van der Waals surface area contributed by atoms with Gasteiger partial charge < -0.3 is 10.2 Å². The molecule has 0 bridgehead atoms. The van der Waals surface area contributed by atoms with E-state index in [0.717, 1.165) is 16.9 Å². The lowest BCUT2D eigenvalue weighted by molar-refractivity contribution is 0.0949. The van der Waals surface area contributed by atoms with E-state index >= 15 is 0 Å². The van der Waals surface area contributed by atoms with E-state index in [-0.39, 0.29) is 12.5 Å². The molecule has 4 rings (SSSR count). The van der Waals surface area contributed by atoms with E-state index in [1.165, 1.54) is 11.1 Å². The molecule has 0 unspecified atom stereocenters. The van der Waals surface area contributed by atoms with Crippen molar-refractivity contribution in [3.63, 3.8) is 0 Å². The molecule has 2 aromatic heterocycles. The molecule has 0 aliphatic rings. The fourth-order valence-corrected chi connectivity index (χ4v) is 3.18. The van der Waals surface area contributed by atoms with Crippen molar-refractivity contribution in [2.24, 2.45) is 0 Å². The minimum Gasteiger partial charge on any atom is -0.378 e. The Morgan fingerprint density at radius 2 is 1.83 bits per heavy atom. The van der Waals surface area contributed by atoms with Crippen molar-refractivity contribution in [3.8, 4) is 11.3 Å². The number of anilines is 1. The zero-order valence-electron chi connectivity index (χ0n) is 17.5. The summed E-state index contributed by atoms with van der Waals surface area (Å²) in [6.07, 6.45) is 0. The second-order valence-corrected chi connectivity index (χ2v) is 7.53. The van der Waals surface area contributed by atoms with Crippen molar-refractivity contribution >= 4 is 17.2 Å². The van der Waals surface area contributed by atoms with Crippen LogP contribution in [-0.2, 0) is 6.54 Å². The first kappa shape index (κ1) is 19.6. The molecule has 2 aromatic carbocycles. The van der Waals surface area contributed by atoms with Crippen LogP contribution >= 0.6 is 0 Å². The molecular formula is C23H24N6O. The molecule has 0 spiro atoms. The molecule has 152 valence electrons. The van der Waals surface area contributed by atoms with Gasteiger partial charge >= 0.3 is 0 Å². The number of hydrogen-bond donors (Lipinski definition) is 1. The van der Waals surface area contributed by atoms with Crippen molar-refractivity contribution in [2.45, 2.75) is 20.4 Å². The molecular weight excluding hydrogens is 376 g/mol. The minimum absolute atomic E-state index is 0.166. The van der Waals surface area contributed by atoms with E-state index in [2.05, 4.69) is 47.6 Å². The summed E-state index contributed by atoms with van der Waals surface area (Å²) in [5, 5.41) is 16.0. The van der Waals surface area contributed by atoms with Crippen molar-refractivity contribution in [3.05, 3.63) is 77.1 Å². The van der Waals surface area contributed by atoms with Gasteiger partial charge in [0.25, 0.3) is 5.91 Å². The average Bonchev–Trinajstić information content (AvgIpc) is 3.16. The maximum atomic E-state index is 12.6. The number of carbonyl (C=O) groups excluding carboxylic acids is 1. The first-order chi connectivity index (χ1) is 14.4. The summed E-state index contributed by atoms with van der Waals surface area (Å²) in [5.41, 5.74) is 6.52. The average molecular weight is 400 g/mol. The van der Waals surface area contributed by atoms with Crippen molar-refractivity contribution in [1.82, 2.24) is 25.1 Å². The van der Waals surface area contributed by atoms with E-state index < -0.39 is 0 Å². The highest BCUT2D eigenvalue weighted by Gasteiger charge is 2.12. The Kier molecular flexibility index (Phi) is 5.18. The molecule has 0 aliphatic carbocycles. The van der Waals surface area contributed by atoms with Crippen LogP contribution in [0.2, 0.25) is 0 Å². The second kappa shape index (κ2) is 7.94. The van der Waals surface area contributed by atoms with Gasteiger partial charge in [-0.15, -0.1) is 10.2 Å². The largest absolute Gasteiger partial charge is 0.378 e. The molecule has 30 heavy (non-hydrogen) atoms. The molecule has 0 fully saturated rings. The van der Waals surface area contributed by atoms with Crippen LogP contribution in [0.5, 0.6) is 0 Å². The summed E-state index contributed by atoms with van der Waals surface area (Å²) in [6, 6.07) is 17.6. The lowest BCUT2D eigenvalue weighted by Gasteiger charge is -2.13. The molecule has 0 atom stereocenters. The number of benzene rings is 2. The Hall–Kier alpha value is -3.74. The maximum Gasteiger partial charge on any atom is 0.251 e. The van der Waals surface area contributed by atoms with Crippen LogP contribution in [0, 0.1) is 13.8 Å². The van der Waals surface area contributed by atoms with Crippen LogP contribution in [0.15, 0.2) is 54.6 Å². The van der Waals surface area contributed by atoms with E-state index in [1.54, 1.807) is 10.6 Å². The first-order valence-corrected chi connectivity index (χ1v) is 9.77. The maximum absolute atomic E-state index is 12.6. The van der Waals surface area contributed by atoms with Gasteiger partial charge in [0.15, 0.2) is 11.5 Å². The van der Waals surface area contributed by atoms with Crippen LogP contribution < -0.4 is 10.2 Å². The topological polar surface area (TPSA) is 75.4 Å². The Morgan fingerprint density at radius 1 is 1.00 bits per heavy atom. The van der Waals surface area contributed by atoms with Gasteiger partial charge in [-0.05, 0) is 61.4 Å². The van der Waals surface area contributed by atoms with Gasteiger partial charge in [0, 0.05) is 30.9 Å². The molecule has 0 saturated heterocycles. The highest BCUT2D eigenvalue weighted by Crippen LogP contribution is 2.21. The Morgan fingerprint density at radius 3 is 2.60 bits per heavy atom. The van der Waals surface area contributed by atoms with Crippen LogP contribution in [0.3, 0.4) is 0 Å². The fourth-order valence-electron chi connectivity index (χ4n) is 3.18. The third-order valence-electron chi connectivity index (χ3n) is 5.16. The van der Waals surface area contributed by atoms with Gasteiger partial charge in [-0.2, -0.15) is 9.61 Å². The van der Waals surface area contributed by atoms with Crippen molar-refractivity contribution in [2.75, 3.05) is 19.0 Å². The van der Waals surface area contributed by atoms with E-state index in [4.69, 9.17) is 5.10 Å². The number of aromatic nitrogens is 4. The molecule has 0 aliphatic heterocycles. The zero-order chi connectivity index (χ0) is 21.3. The molecule has 7 nitrogen and oxygen atoms in total. The Labute approximate surface area is 175 Å². The molecule has 2 heterocycles. The van der Waals surface area contributed by atoms with Gasteiger partial charge in [0.1, 0.15) is 0 Å². The van der Waals surface area contributed by atoms with E-state index in [0.29, 0.717) is 17.0 Å². The lowest BCUT2D eigenvalue weighted by Crippen LogP contribution is -2.24. The Balaban J connectivity index is 1.56.